The van der Waals surface area contributed by atoms with Crippen LogP contribution in [-0.4, -0.2) is 27.6 Å². The van der Waals surface area contributed by atoms with E-state index < -0.39 is 0 Å². The van der Waals surface area contributed by atoms with Crippen molar-refractivity contribution >= 4 is 0 Å². The van der Waals surface area contributed by atoms with Crippen molar-refractivity contribution in [2.24, 2.45) is 5.92 Å². The second kappa shape index (κ2) is 5.53. The number of rotatable bonds is 3. The molecule has 4 heteroatoms. The van der Waals surface area contributed by atoms with E-state index in [9.17, 15) is 0 Å². The van der Waals surface area contributed by atoms with Crippen molar-refractivity contribution in [3.8, 4) is 11.4 Å². The Kier molecular flexibility index (Phi) is 3.60. The molecule has 4 nitrogen and oxygen atoms in total. The number of aryl methyl sites for hydroxylation is 1. The zero-order valence-electron chi connectivity index (χ0n) is 11.3. The van der Waals surface area contributed by atoms with Gasteiger partial charge in [-0.05, 0) is 50.9 Å². The summed E-state index contributed by atoms with van der Waals surface area (Å²) in [4.78, 5) is 8.75. The minimum atomic E-state index is 0.706. The van der Waals surface area contributed by atoms with E-state index in [0.717, 1.165) is 31.0 Å². The van der Waals surface area contributed by atoms with Crippen LogP contribution in [0.3, 0.4) is 0 Å². The van der Waals surface area contributed by atoms with Gasteiger partial charge in [0.1, 0.15) is 5.82 Å². The highest BCUT2D eigenvalue weighted by molar-refractivity contribution is 5.54. The van der Waals surface area contributed by atoms with E-state index in [4.69, 9.17) is 0 Å². The largest absolute Gasteiger partial charge is 0.328 e. The number of piperidine rings is 1. The summed E-state index contributed by atoms with van der Waals surface area (Å²) in [5, 5.41) is 3.48. The summed E-state index contributed by atoms with van der Waals surface area (Å²) in [6.45, 7) is 5.45. The molecule has 0 aromatic carbocycles. The Balaban J connectivity index is 1.86. The summed E-state index contributed by atoms with van der Waals surface area (Å²) in [6.07, 6.45) is 8.22. The smallest absolute Gasteiger partial charge is 0.141 e. The van der Waals surface area contributed by atoms with Gasteiger partial charge in [0.25, 0.3) is 0 Å². The van der Waals surface area contributed by atoms with Crippen molar-refractivity contribution in [3.63, 3.8) is 0 Å². The van der Waals surface area contributed by atoms with E-state index in [1.807, 2.05) is 18.5 Å². The van der Waals surface area contributed by atoms with Crippen molar-refractivity contribution in [2.45, 2.75) is 26.3 Å². The van der Waals surface area contributed by atoms with E-state index in [1.165, 1.54) is 18.5 Å². The molecule has 0 saturated carbocycles. The Hall–Kier alpha value is -1.68. The first-order chi connectivity index (χ1) is 9.34. The maximum absolute atomic E-state index is 4.55. The van der Waals surface area contributed by atoms with Gasteiger partial charge in [-0.2, -0.15) is 0 Å². The van der Waals surface area contributed by atoms with Crippen molar-refractivity contribution in [1.29, 1.82) is 0 Å². The fraction of sp³-hybridized carbons (Fsp3) is 0.467. The highest BCUT2D eigenvalue weighted by atomic mass is 15.1. The van der Waals surface area contributed by atoms with Gasteiger partial charge in [-0.3, -0.25) is 4.98 Å². The number of hydrogen-bond donors (Lipinski definition) is 1. The van der Waals surface area contributed by atoms with Crippen LogP contribution in [0.15, 0.2) is 30.7 Å². The van der Waals surface area contributed by atoms with Gasteiger partial charge in [-0.15, -0.1) is 0 Å². The molecule has 0 radical (unpaired) electrons. The monoisotopic (exact) mass is 256 g/mol. The van der Waals surface area contributed by atoms with Crippen LogP contribution in [0.25, 0.3) is 11.4 Å². The predicted molar refractivity (Wildman–Crippen MR) is 75.8 cm³/mol. The average molecular weight is 256 g/mol. The summed E-state index contributed by atoms with van der Waals surface area (Å²) >= 11 is 0. The third-order valence-electron chi connectivity index (χ3n) is 3.81. The molecule has 1 unspecified atom stereocenters. The summed E-state index contributed by atoms with van der Waals surface area (Å²) in [7, 11) is 0. The van der Waals surface area contributed by atoms with Gasteiger partial charge in [0.2, 0.25) is 0 Å². The molecular weight excluding hydrogens is 236 g/mol. The van der Waals surface area contributed by atoms with E-state index in [0.29, 0.717) is 5.92 Å². The Morgan fingerprint density at radius 3 is 3.11 bits per heavy atom. The lowest BCUT2D eigenvalue weighted by Gasteiger charge is -2.24. The van der Waals surface area contributed by atoms with Gasteiger partial charge >= 0.3 is 0 Å². The first-order valence-electron chi connectivity index (χ1n) is 6.98. The van der Waals surface area contributed by atoms with Crippen molar-refractivity contribution in [2.75, 3.05) is 13.1 Å². The van der Waals surface area contributed by atoms with Crippen LogP contribution in [0.2, 0.25) is 0 Å². The summed E-state index contributed by atoms with van der Waals surface area (Å²) < 4.78 is 2.33. The fourth-order valence-electron chi connectivity index (χ4n) is 2.75. The van der Waals surface area contributed by atoms with Gasteiger partial charge in [-0.25, -0.2) is 4.98 Å². The highest BCUT2D eigenvalue weighted by Gasteiger charge is 2.17. The summed E-state index contributed by atoms with van der Waals surface area (Å²) in [5.41, 5.74) is 2.32. The molecule has 0 aliphatic carbocycles. The van der Waals surface area contributed by atoms with Crippen LogP contribution in [0, 0.1) is 12.8 Å². The number of nitrogens with one attached hydrogen (secondary N) is 1. The van der Waals surface area contributed by atoms with Crippen LogP contribution in [0.1, 0.15) is 18.5 Å². The molecule has 3 rings (SSSR count). The molecular formula is C15H20N4. The van der Waals surface area contributed by atoms with Crippen LogP contribution in [0.4, 0.5) is 0 Å². The minimum absolute atomic E-state index is 0.706. The van der Waals surface area contributed by atoms with Gasteiger partial charge in [0.15, 0.2) is 0 Å². The standard InChI is InChI=1S/C15H20N4/c1-12-8-18-15(14-5-3-7-17-10-14)19(12)11-13-4-2-6-16-9-13/h3,5,7-8,10,13,16H,2,4,6,9,11H2,1H3. The van der Waals surface area contributed by atoms with E-state index in [2.05, 4.69) is 32.8 Å². The van der Waals surface area contributed by atoms with Crippen LogP contribution < -0.4 is 5.32 Å². The van der Waals surface area contributed by atoms with Crippen molar-refractivity contribution in [3.05, 3.63) is 36.4 Å². The molecule has 1 fully saturated rings. The highest BCUT2D eigenvalue weighted by Crippen LogP contribution is 2.21. The molecule has 19 heavy (non-hydrogen) atoms. The van der Waals surface area contributed by atoms with Crippen molar-refractivity contribution in [1.82, 2.24) is 19.9 Å². The molecule has 1 saturated heterocycles. The molecule has 2 aromatic rings. The quantitative estimate of drug-likeness (QED) is 0.916. The number of pyridine rings is 1. The topological polar surface area (TPSA) is 42.7 Å². The minimum Gasteiger partial charge on any atom is -0.328 e. The zero-order valence-corrected chi connectivity index (χ0v) is 11.3. The number of imidazole rings is 1. The maximum Gasteiger partial charge on any atom is 0.141 e. The molecule has 0 amide bonds. The second-order valence-electron chi connectivity index (χ2n) is 5.29. The molecule has 0 bridgehead atoms. The normalized spacial score (nSPS) is 19.5. The lowest BCUT2D eigenvalue weighted by molar-refractivity contribution is 0.336. The predicted octanol–water partition coefficient (Wildman–Crippen LogP) is 2.25. The van der Waals surface area contributed by atoms with E-state index >= 15 is 0 Å². The van der Waals surface area contributed by atoms with Crippen LogP contribution in [-0.2, 0) is 6.54 Å². The first kappa shape index (κ1) is 12.4. The number of nitrogens with zero attached hydrogens (tertiary/aromatic N) is 3. The Bertz CT molecular complexity index is 526. The Labute approximate surface area is 113 Å². The van der Waals surface area contributed by atoms with Crippen LogP contribution in [0.5, 0.6) is 0 Å². The van der Waals surface area contributed by atoms with Crippen molar-refractivity contribution < 1.29 is 0 Å². The van der Waals surface area contributed by atoms with Gasteiger partial charge < -0.3 is 9.88 Å². The first-order valence-corrected chi connectivity index (χ1v) is 6.98. The number of hydrogen-bond acceptors (Lipinski definition) is 3. The lowest BCUT2D eigenvalue weighted by atomic mass is 9.99. The molecule has 1 atom stereocenters. The summed E-state index contributed by atoms with van der Waals surface area (Å²) in [6, 6.07) is 4.04. The average Bonchev–Trinajstić information content (AvgIpc) is 2.82. The molecule has 3 heterocycles. The lowest BCUT2D eigenvalue weighted by Crippen LogP contribution is -2.32. The van der Waals surface area contributed by atoms with Crippen LogP contribution >= 0.6 is 0 Å². The third-order valence-corrected chi connectivity index (χ3v) is 3.81. The molecule has 1 aliphatic rings. The van der Waals surface area contributed by atoms with E-state index in [1.54, 1.807) is 6.20 Å². The molecule has 1 aliphatic heterocycles. The molecule has 100 valence electrons. The zero-order chi connectivity index (χ0) is 13.1. The van der Waals surface area contributed by atoms with E-state index in [-0.39, 0.29) is 0 Å². The molecule has 2 aromatic heterocycles. The summed E-state index contributed by atoms with van der Waals surface area (Å²) in [5.74, 6) is 1.74. The second-order valence-corrected chi connectivity index (χ2v) is 5.29. The third kappa shape index (κ3) is 2.68. The number of aromatic nitrogens is 3. The fourth-order valence-corrected chi connectivity index (χ4v) is 2.75. The SMILES string of the molecule is Cc1cnc(-c2cccnc2)n1CC1CCCNC1. The Morgan fingerprint density at radius 1 is 1.42 bits per heavy atom. The Morgan fingerprint density at radius 2 is 2.37 bits per heavy atom. The van der Waals surface area contributed by atoms with Gasteiger partial charge in [-0.1, -0.05) is 0 Å². The maximum atomic E-state index is 4.55. The molecule has 1 N–H and O–H groups in total. The van der Waals surface area contributed by atoms with Gasteiger partial charge in [0, 0.05) is 36.4 Å². The molecule has 0 spiro atoms. The van der Waals surface area contributed by atoms with Gasteiger partial charge in [0.05, 0.1) is 0 Å².